The molecule has 0 spiro atoms. The average molecular weight is 283 g/mol. The number of carboxylic acid groups (broad SMARTS) is 1. The van der Waals surface area contributed by atoms with Gasteiger partial charge < -0.3 is 16.6 Å². The third-order valence-electron chi connectivity index (χ3n) is 3.19. The van der Waals surface area contributed by atoms with E-state index in [0.717, 1.165) is 11.1 Å². The zero-order chi connectivity index (χ0) is 15.0. The minimum atomic E-state index is -1.03. The summed E-state index contributed by atoms with van der Waals surface area (Å²) in [6.45, 7) is 0.384. The number of aromatic nitrogens is 3. The molecule has 21 heavy (non-hydrogen) atoms. The van der Waals surface area contributed by atoms with Crippen molar-refractivity contribution in [2.24, 2.45) is 5.73 Å². The van der Waals surface area contributed by atoms with Gasteiger partial charge in [0.1, 0.15) is 0 Å². The van der Waals surface area contributed by atoms with Gasteiger partial charge in [0.2, 0.25) is 5.95 Å². The third kappa shape index (κ3) is 2.30. The lowest BCUT2D eigenvalue weighted by molar-refractivity contribution is 0.0697. The molecule has 0 saturated heterocycles. The number of anilines is 1. The number of carbonyl (C=O) groups is 1. The van der Waals surface area contributed by atoms with Crippen LogP contribution < -0.4 is 11.5 Å². The van der Waals surface area contributed by atoms with Crippen molar-refractivity contribution < 1.29 is 9.90 Å². The third-order valence-corrected chi connectivity index (χ3v) is 3.19. The molecule has 1 aromatic carbocycles. The van der Waals surface area contributed by atoms with Crippen LogP contribution >= 0.6 is 0 Å². The number of fused-ring (bicyclic) bond motifs is 1. The fraction of sp³-hybridized carbons (Fsp3) is 0.0714. The summed E-state index contributed by atoms with van der Waals surface area (Å²) < 4.78 is 1.46. The lowest BCUT2D eigenvalue weighted by atomic mass is 10.00. The molecule has 3 aromatic rings. The quantitative estimate of drug-likeness (QED) is 0.663. The first-order chi connectivity index (χ1) is 10.1. The summed E-state index contributed by atoms with van der Waals surface area (Å²) in [6, 6.07) is 8.86. The number of nitrogen functional groups attached to an aromatic ring is 1. The molecule has 2 heterocycles. The highest BCUT2D eigenvalue weighted by Gasteiger charge is 2.15. The Bertz CT molecular complexity index is 840. The van der Waals surface area contributed by atoms with Crippen LogP contribution in [0.2, 0.25) is 0 Å². The van der Waals surface area contributed by atoms with E-state index in [0.29, 0.717) is 17.8 Å². The van der Waals surface area contributed by atoms with E-state index < -0.39 is 5.97 Å². The van der Waals surface area contributed by atoms with Gasteiger partial charge in [-0.25, -0.2) is 9.31 Å². The molecule has 0 amide bonds. The molecule has 5 N–H and O–H groups in total. The number of aromatic carboxylic acids is 1. The molecule has 7 heteroatoms. The summed E-state index contributed by atoms with van der Waals surface area (Å²) in [5.41, 5.74) is 13.9. The van der Waals surface area contributed by atoms with Crippen molar-refractivity contribution in [2.45, 2.75) is 6.54 Å². The van der Waals surface area contributed by atoms with Crippen LogP contribution in [0.15, 0.2) is 36.5 Å². The molecule has 0 fully saturated rings. The van der Waals surface area contributed by atoms with Gasteiger partial charge in [0, 0.05) is 18.3 Å². The molecule has 0 aliphatic heterocycles. The predicted octanol–water partition coefficient (Wildman–Crippen LogP) is 1.14. The number of nitrogens with two attached hydrogens (primary N) is 2. The van der Waals surface area contributed by atoms with Crippen LogP contribution in [0, 0.1) is 0 Å². The largest absolute Gasteiger partial charge is 0.478 e. The van der Waals surface area contributed by atoms with Crippen molar-refractivity contribution in [1.29, 1.82) is 0 Å². The number of rotatable bonds is 3. The van der Waals surface area contributed by atoms with Crippen LogP contribution in [0.3, 0.4) is 0 Å². The first kappa shape index (κ1) is 13.1. The van der Waals surface area contributed by atoms with Gasteiger partial charge in [0.25, 0.3) is 0 Å². The molecule has 7 nitrogen and oxygen atoms in total. The lowest BCUT2D eigenvalue weighted by Crippen LogP contribution is -2.03. The number of carboxylic acids is 1. The highest BCUT2D eigenvalue weighted by atomic mass is 16.4. The van der Waals surface area contributed by atoms with Gasteiger partial charge in [0.05, 0.1) is 5.56 Å². The number of pyridine rings is 1. The van der Waals surface area contributed by atoms with Gasteiger partial charge in [-0.1, -0.05) is 18.2 Å². The van der Waals surface area contributed by atoms with Gasteiger partial charge in [-0.05, 0) is 23.3 Å². The second-order valence-corrected chi connectivity index (χ2v) is 4.58. The lowest BCUT2D eigenvalue weighted by Gasteiger charge is -2.08. The maximum atomic E-state index is 11.5. The van der Waals surface area contributed by atoms with Crippen molar-refractivity contribution in [2.75, 3.05) is 5.73 Å². The zero-order valence-electron chi connectivity index (χ0n) is 11.0. The minimum absolute atomic E-state index is 0.0965. The molecule has 0 unspecified atom stereocenters. The summed E-state index contributed by atoms with van der Waals surface area (Å²) in [5.74, 6) is -0.938. The first-order valence-electron chi connectivity index (χ1n) is 6.27. The molecule has 2 aromatic heterocycles. The van der Waals surface area contributed by atoms with Crippen LogP contribution in [0.5, 0.6) is 0 Å². The van der Waals surface area contributed by atoms with Crippen molar-refractivity contribution in [1.82, 2.24) is 14.6 Å². The number of hydrogen-bond acceptors (Lipinski definition) is 5. The second kappa shape index (κ2) is 4.88. The standard InChI is InChI=1S/C14H13N5O2/c15-6-8-2-1-3-9(4-8)11-7-19-12(17-14(16)18-19)5-10(11)13(20)21/h1-5,7H,6,15H2,(H2,16,18)(H,20,21). The van der Waals surface area contributed by atoms with Gasteiger partial charge in [0.15, 0.2) is 5.65 Å². The Morgan fingerprint density at radius 2 is 2.14 bits per heavy atom. The average Bonchev–Trinajstić information content (AvgIpc) is 2.85. The molecule has 0 saturated carbocycles. The van der Waals surface area contributed by atoms with E-state index in [1.807, 2.05) is 24.3 Å². The Kier molecular flexibility index (Phi) is 3.03. The smallest absolute Gasteiger partial charge is 0.336 e. The molecule has 0 bridgehead atoms. The summed E-state index contributed by atoms with van der Waals surface area (Å²) in [5, 5.41) is 13.4. The Hall–Kier alpha value is -2.93. The molecule has 106 valence electrons. The molecular weight excluding hydrogens is 270 g/mol. The fourth-order valence-electron chi connectivity index (χ4n) is 2.22. The van der Waals surface area contributed by atoms with E-state index in [4.69, 9.17) is 11.5 Å². The van der Waals surface area contributed by atoms with Crippen LogP contribution in [0.4, 0.5) is 5.95 Å². The van der Waals surface area contributed by atoms with Gasteiger partial charge >= 0.3 is 5.97 Å². The fourth-order valence-corrected chi connectivity index (χ4v) is 2.22. The highest BCUT2D eigenvalue weighted by Crippen LogP contribution is 2.26. The Morgan fingerprint density at radius 1 is 1.33 bits per heavy atom. The zero-order valence-corrected chi connectivity index (χ0v) is 11.0. The topological polar surface area (TPSA) is 120 Å². The Labute approximate surface area is 119 Å². The van der Waals surface area contributed by atoms with E-state index in [2.05, 4.69) is 10.1 Å². The minimum Gasteiger partial charge on any atom is -0.478 e. The SMILES string of the molecule is NCc1cccc(-c2cn3nc(N)nc3cc2C(=O)O)c1. The normalized spacial score (nSPS) is 10.9. The number of benzene rings is 1. The highest BCUT2D eigenvalue weighted by molar-refractivity contribution is 5.97. The van der Waals surface area contributed by atoms with E-state index in [-0.39, 0.29) is 11.5 Å². The monoisotopic (exact) mass is 283 g/mol. The Morgan fingerprint density at radius 3 is 2.86 bits per heavy atom. The van der Waals surface area contributed by atoms with Gasteiger partial charge in [-0.3, -0.25) is 0 Å². The van der Waals surface area contributed by atoms with Crippen LogP contribution in [-0.2, 0) is 6.54 Å². The van der Waals surface area contributed by atoms with E-state index in [9.17, 15) is 9.90 Å². The van der Waals surface area contributed by atoms with Gasteiger partial charge in [-0.15, -0.1) is 5.10 Å². The Balaban J connectivity index is 2.27. The van der Waals surface area contributed by atoms with Crippen molar-refractivity contribution in [3.8, 4) is 11.1 Å². The molecule has 0 atom stereocenters. The van der Waals surface area contributed by atoms with E-state index >= 15 is 0 Å². The first-order valence-corrected chi connectivity index (χ1v) is 6.27. The van der Waals surface area contributed by atoms with Crippen LogP contribution in [-0.4, -0.2) is 25.7 Å². The number of nitrogens with zero attached hydrogens (tertiary/aromatic N) is 3. The summed E-state index contributed by atoms with van der Waals surface area (Å²) in [6.07, 6.45) is 1.61. The van der Waals surface area contributed by atoms with Crippen LogP contribution in [0.25, 0.3) is 16.8 Å². The van der Waals surface area contributed by atoms with Crippen molar-refractivity contribution in [3.05, 3.63) is 47.7 Å². The predicted molar refractivity (Wildman–Crippen MR) is 77.7 cm³/mol. The maximum Gasteiger partial charge on any atom is 0.336 e. The van der Waals surface area contributed by atoms with E-state index in [1.165, 1.54) is 10.6 Å². The van der Waals surface area contributed by atoms with Crippen molar-refractivity contribution in [3.63, 3.8) is 0 Å². The van der Waals surface area contributed by atoms with E-state index in [1.54, 1.807) is 6.20 Å². The molecule has 3 rings (SSSR count). The summed E-state index contributed by atoms with van der Waals surface area (Å²) >= 11 is 0. The summed E-state index contributed by atoms with van der Waals surface area (Å²) in [7, 11) is 0. The van der Waals surface area contributed by atoms with Gasteiger partial charge in [-0.2, -0.15) is 4.98 Å². The van der Waals surface area contributed by atoms with Crippen molar-refractivity contribution >= 4 is 17.6 Å². The van der Waals surface area contributed by atoms with Crippen LogP contribution in [0.1, 0.15) is 15.9 Å². The molecule has 0 radical (unpaired) electrons. The second-order valence-electron chi connectivity index (χ2n) is 4.58. The number of hydrogen-bond donors (Lipinski definition) is 3. The molecular formula is C14H13N5O2. The summed E-state index contributed by atoms with van der Waals surface area (Å²) in [4.78, 5) is 15.5. The maximum absolute atomic E-state index is 11.5. The molecule has 0 aliphatic carbocycles. The molecule has 0 aliphatic rings.